The predicted octanol–water partition coefficient (Wildman–Crippen LogP) is 4.61. The van der Waals surface area contributed by atoms with Crippen LogP contribution < -0.4 is 4.74 Å². The van der Waals surface area contributed by atoms with E-state index in [0.717, 1.165) is 30.6 Å². The van der Waals surface area contributed by atoms with E-state index in [0.29, 0.717) is 12.2 Å². The molecular weight excluding hydrogens is 296 g/mol. The van der Waals surface area contributed by atoms with Crippen LogP contribution in [0, 0.1) is 6.92 Å². The van der Waals surface area contributed by atoms with Crippen molar-refractivity contribution < 1.29 is 13.2 Å². The monoisotopic (exact) mass is 318 g/mol. The summed E-state index contributed by atoms with van der Waals surface area (Å²) in [6, 6.07) is 3.41. The van der Waals surface area contributed by atoms with Crippen molar-refractivity contribution in [3.63, 3.8) is 0 Å². The summed E-state index contributed by atoms with van der Waals surface area (Å²) in [6.07, 6.45) is 3.27. The molecule has 20 heavy (non-hydrogen) atoms. The molecule has 0 bridgehead atoms. The molecule has 114 valence electrons. The molecule has 0 N–H and O–H groups in total. The zero-order chi connectivity index (χ0) is 15.3. The molecule has 3 nitrogen and oxygen atoms in total. The number of hydrogen-bond acceptors (Lipinski definition) is 3. The Hall–Kier alpha value is -0.740. The molecule has 0 fully saturated rings. The molecule has 0 saturated heterocycles. The first kappa shape index (κ1) is 17.3. The topological polar surface area (TPSA) is 43.4 Å². The highest BCUT2D eigenvalue weighted by Gasteiger charge is 2.20. The first-order chi connectivity index (χ1) is 9.27. The highest BCUT2D eigenvalue weighted by molar-refractivity contribution is 8.13. The molecule has 0 unspecified atom stereocenters. The molecule has 0 radical (unpaired) electrons. The van der Waals surface area contributed by atoms with Crippen molar-refractivity contribution in [1.29, 1.82) is 0 Å². The Morgan fingerprint density at radius 3 is 2.40 bits per heavy atom. The van der Waals surface area contributed by atoms with Gasteiger partial charge in [0.1, 0.15) is 5.75 Å². The van der Waals surface area contributed by atoms with Gasteiger partial charge in [-0.25, -0.2) is 8.42 Å². The Balaban J connectivity index is 3.08. The van der Waals surface area contributed by atoms with Crippen LogP contribution in [0.5, 0.6) is 5.75 Å². The summed E-state index contributed by atoms with van der Waals surface area (Å²) in [5, 5.41) is 0. The van der Waals surface area contributed by atoms with Gasteiger partial charge in [-0.05, 0) is 42.5 Å². The summed E-state index contributed by atoms with van der Waals surface area (Å²) in [7, 11) is 1.78. The van der Waals surface area contributed by atoms with E-state index in [2.05, 4.69) is 6.92 Å². The van der Waals surface area contributed by atoms with Crippen molar-refractivity contribution in [2.75, 3.05) is 6.61 Å². The van der Waals surface area contributed by atoms with Crippen LogP contribution in [0.1, 0.15) is 57.1 Å². The molecule has 1 rings (SSSR count). The zero-order valence-corrected chi connectivity index (χ0v) is 14.1. The van der Waals surface area contributed by atoms with Gasteiger partial charge in [0.15, 0.2) is 0 Å². The lowest BCUT2D eigenvalue weighted by molar-refractivity contribution is 0.303. The van der Waals surface area contributed by atoms with E-state index in [-0.39, 0.29) is 10.8 Å². The van der Waals surface area contributed by atoms with Crippen LogP contribution in [-0.4, -0.2) is 15.0 Å². The number of benzene rings is 1. The van der Waals surface area contributed by atoms with Gasteiger partial charge in [0.25, 0.3) is 9.05 Å². The van der Waals surface area contributed by atoms with Crippen molar-refractivity contribution in [2.24, 2.45) is 0 Å². The Morgan fingerprint density at radius 1 is 1.25 bits per heavy atom. The SMILES string of the molecule is CCCCCOc1cc(C(C)C)c(S(=O)(=O)Cl)cc1C. The minimum Gasteiger partial charge on any atom is -0.493 e. The van der Waals surface area contributed by atoms with E-state index in [4.69, 9.17) is 15.4 Å². The van der Waals surface area contributed by atoms with Crippen molar-refractivity contribution in [1.82, 2.24) is 0 Å². The van der Waals surface area contributed by atoms with Crippen LogP contribution in [-0.2, 0) is 9.05 Å². The second-order valence-electron chi connectivity index (χ2n) is 5.30. The molecule has 1 aromatic rings. The summed E-state index contributed by atoms with van der Waals surface area (Å²) in [5.41, 5.74) is 1.50. The molecule has 1 aromatic carbocycles. The summed E-state index contributed by atoms with van der Waals surface area (Å²) >= 11 is 0. The average Bonchev–Trinajstić information content (AvgIpc) is 2.34. The third-order valence-corrected chi connectivity index (χ3v) is 4.58. The maximum atomic E-state index is 11.6. The molecule has 5 heteroatoms. The molecule has 0 saturated carbocycles. The van der Waals surface area contributed by atoms with Crippen LogP contribution in [0.3, 0.4) is 0 Å². The Labute approximate surface area is 126 Å². The van der Waals surface area contributed by atoms with Gasteiger partial charge in [-0.1, -0.05) is 33.6 Å². The van der Waals surface area contributed by atoms with Gasteiger partial charge in [-0.2, -0.15) is 0 Å². The largest absolute Gasteiger partial charge is 0.493 e. The van der Waals surface area contributed by atoms with Gasteiger partial charge in [0.2, 0.25) is 0 Å². The summed E-state index contributed by atoms with van der Waals surface area (Å²) < 4.78 is 29.1. The second-order valence-corrected chi connectivity index (χ2v) is 7.84. The summed E-state index contributed by atoms with van der Waals surface area (Å²) in [6.45, 7) is 8.51. The van der Waals surface area contributed by atoms with E-state index in [9.17, 15) is 8.42 Å². The van der Waals surface area contributed by atoms with Crippen molar-refractivity contribution in [3.8, 4) is 5.75 Å². The van der Waals surface area contributed by atoms with Crippen molar-refractivity contribution in [3.05, 3.63) is 23.3 Å². The van der Waals surface area contributed by atoms with E-state index in [1.165, 1.54) is 0 Å². The van der Waals surface area contributed by atoms with Crippen LogP contribution >= 0.6 is 10.7 Å². The lowest BCUT2D eigenvalue weighted by Gasteiger charge is -2.16. The second kappa shape index (κ2) is 7.32. The molecule has 0 aliphatic rings. The van der Waals surface area contributed by atoms with Gasteiger partial charge in [-0.15, -0.1) is 0 Å². The molecule has 0 aromatic heterocycles. The number of rotatable bonds is 7. The lowest BCUT2D eigenvalue weighted by atomic mass is 10.0. The first-order valence-corrected chi connectivity index (χ1v) is 9.30. The minimum absolute atomic E-state index is 0.0668. The fourth-order valence-corrected chi connectivity index (χ4v) is 3.32. The zero-order valence-electron chi connectivity index (χ0n) is 12.6. The van der Waals surface area contributed by atoms with E-state index < -0.39 is 9.05 Å². The maximum absolute atomic E-state index is 11.6. The molecule has 0 aliphatic carbocycles. The number of aryl methyl sites for hydroxylation is 1. The van der Waals surface area contributed by atoms with Gasteiger partial charge in [0, 0.05) is 10.7 Å². The Morgan fingerprint density at radius 2 is 1.90 bits per heavy atom. The molecule has 0 atom stereocenters. The van der Waals surface area contributed by atoms with Gasteiger partial charge >= 0.3 is 0 Å². The Kier molecular flexibility index (Phi) is 6.34. The fourth-order valence-electron chi connectivity index (χ4n) is 2.03. The molecule has 0 amide bonds. The molecule has 0 spiro atoms. The molecular formula is C15H23ClO3S. The number of ether oxygens (including phenoxy) is 1. The third-order valence-electron chi connectivity index (χ3n) is 3.20. The van der Waals surface area contributed by atoms with E-state index in [1.54, 1.807) is 12.1 Å². The smallest absolute Gasteiger partial charge is 0.261 e. The van der Waals surface area contributed by atoms with Crippen molar-refractivity contribution in [2.45, 2.75) is 57.8 Å². The summed E-state index contributed by atoms with van der Waals surface area (Å²) in [5.74, 6) is 0.811. The number of hydrogen-bond donors (Lipinski definition) is 0. The minimum atomic E-state index is -3.73. The normalized spacial score (nSPS) is 11.9. The Bertz CT molecular complexity index is 550. The van der Waals surface area contributed by atoms with E-state index >= 15 is 0 Å². The van der Waals surface area contributed by atoms with Crippen LogP contribution in [0.4, 0.5) is 0 Å². The predicted molar refractivity (Wildman–Crippen MR) is 83.3 cm³/mol. The maximum Gasteiger partial charge on any atom is 0.261 e. The average molecular weight is 319 g/mol. The van der Waals surface area contributed by atoms with E-state index in [1.807, 2.05) is 20.8 Å². The van der Waals surface area contributed by atoms with Crippen LogP contribution in [0.2, 0.25) is 0 Å². The highest BCUT2D eigenvalue weighted by atomic mass is 35.7. The molecule has 0 heterocycles. The number of halogens is 1. The lowest BCUT2D eigenvalue weighted by Crippen LogP contribution is -2.05. The van der Waals surface area contributed by atoms with Gasteiger partial charge in [-0.3, -0.25) is 0 Å². The third kappa shape index (κ3) is 4.67. The van der Waals surface area contributed by atoms with Crippen LogP contribution in [0.15, 0.2) is 17.0 Å². The quantitative estimate of drug-likeness (QED) is 0.544. The van der Waals surface area contributed by atoms with Gasteiger partial charge in [0.05, 0.1) is 11.5 Å². The van der Waals surface area contributed by atoms with Crippen molar-refractivity contribution >= 4 is 19.7 Å². The fraction of sp³-hybridized carbons (Fsp3) is 0.600. The summed E-state index contributed by atoms with van der Waals surface area (Å²) in [4.78, 5) is 0.188. The first-order valence-electron chi connectivity index (χ1n) is 6.99. The highest BCUT2D eigenvalue weighted by Crippen LogP contribution is 2.32. The molecule has 0 aliphatic heterocycles. The number of unbranched alkanes of at least 4 members (excludes halogenated alkanes) is 2. The van der Waals surface area contributed by atoms with Gasteiger partial charge < -0.3 is 4.74 Å². The standard InChI is InChI=1S/C15H23ClO3S/c1-5-6-7-8-19-14-10-13(11(2)3)15(9-12(14)4)20(16,17)18/h9-11H,5-8H2,1-4H3. The van der Waals surface area contributed by atoms with Crippen LogP contribution in [0.25, 0.3) is 0 Å².